The van der Waals surface area contributed by atoms with E-state index in [9.17, 15) is 4.79 Å². The predicted octanol–water partition coefficient (Wildman–Crippen LogP) is 2.38. The van der Waals surface area contributed by atoms with Gasteiger partial charge in [-0.05, 0) is 51.7 Å². The topological polar surface area (TPSA) is 51.2 Å². The van der Waals surface area contributed by atoms with Gasteiger partial charge in [-0.3, -0.25) is 9.78 Å². The fourth-order valence-corrected chi connectivity index (χ4v) is 2.06. The van der Waals surface area contributed by atoms with Crippen LogP contribution in [0.4, 0.5) is 0 Å². The van der Waals surface area contributed by atoms with E-state index in [4.69, 9.17) is 4.74 Å². The van der Waals surface area contributed by atoms with Gasteiger partial charge in [-0.25, -0.2) is 0 Å². The number of rotatable bonds is 6. The lowest BCUT2D eigenvalue weighted by Gasteiger charge is -2.18. The SMILES string of the molecule is Cc1cccc(C(NC(=O)COC(C)C)C2CC2)n1. The zero-order valence-corrected chi connectivity index (χ0v) is 11.8. The van der Waals surface area contributed by atoms with Crippen LogP contribution in [0, 0.1) is 12.8 Å². The second-order valence-corrected chi connectivity index (χ2v) is 5.45. The van der Waals surface area contributed by atoms with Crippen LogP contribution in [-0.4, -0.2) is 23.6 Å². The van der Waals surface area contributed by atoms with Crippen LogP contribution < -0.4 is 5.32 Å². The Hall–Kier alpha value is -1.42. The number of amides is 1. The maximum atomic E-state index is 11.9. The van der Waals surface area contributed by atoms with Gasteiger partial charge in [0.25, 0.3) is 0 Å². The van der Waals surface area contributed by atoms with Crippen molar-refractivity contribution in [1.29, 1.82) is 0 Å². The van der Waals surface area contributed by atoms with Crippen LogP contribution >= 0.6 is 0 Å². The molecule has 1 amide bonds. The molecule has 0 bridgehead atoms. The highest BCUT2D eigenvalue weighted by molar-refractivity contribution is 5.77. The maximum Gasteiger partial charge on any atom is 0.246 e. The summed E-state index contributed by atoms with van der Waals surface area (Å²) in [5.74, 6) is 0.464. The van der Waals surface area contributed by atoms with Crippen molar-refractivity contribution in [3.8, 4) is 0 Å². The molecule has 0 saturated heterocycles. The van der Waals surface area contributed by atoms with Crippen molar-refractivity contribution in [2.24, 2.45) is 5.92 Å². The number of pyridine rings is 1. The molecule has 1 unspecified atom stereocenters. The van der Waals surface area contributed by atoms with Crippen molar-refractivity contribution in [3.63, 3.8) is 0 Å². The molecule has 1 saturated carbocycles. The first-order chi connectivity index (χ1) is 9.06. The average Bonchev–Trinajstić information content (AvgIpc) is 3.17. The second kappa shape index (κ2) is 6.15. The average molecular weight is 262 g/mol. The number of aromatic nitrogens is 1. The van der Waals surface area contributed by atoms with E-state index in [0.29, 0.717) is 5.92 Å². The van der Waals surface area contributed by atoms with Crippen LogP contribution in [-0.2, 0) is 9.53 Å². The molecule has 1 aliphatic rings. The lowest BCUT2D eigenvalue weighted by atomic mass is 10.1. The summed E-state index contributed by atoms with van der Waals surface area (Å²) < 4.78 is 5.33. The minimum atomic E-state index is -0.0612. The smallest absolute Gasteiger partial charge is 0.246 e. The quantitative estimate of drug-likeness (QED) is 0.856. The van der Waals surface area contributed by atoms with Crippen molar-refractivity contribution in [3.05, 3.63) is 29.6 Å². The fraction of sp³-hybridized carbons (Fsp3) is 0.600. The van der Waals surface area contributed by atoms with Gasteiger partial charge in [-0.2, -0.15) is 0 Å². The minimum absolute atomic E-state index is 0.0307. The number of aryl methyl sites for hydroxylation is 1. The molecule has 0 aliphatic heterocycles. The van der Waals surface area contributed by atoms with Crippen molar-refractivity contribution in [1.82, 2.24) is 10.3 Å². The molecule has 1 aromatic rings. The van der Waals surface area contributed by atoms with E-state index in [0.717, 1.165) is 24.2 Å². The molecule has 0 aromatic carbocycles. The lowest BCUT2D eigenvalue weighted by molar-refractivity contribution is -0.128. The molecule has 0 radical (unpaired) electrons. The van der Waals surface area contributed by atoms with E-state index in [1.165, 1.54) is 0 Å². The van der Waals surface area contributed by atoms with Gasteiger partial charge in [0.1, 0.15) is 6.61 Å². The van der Waals surface area contributed by atoms with Crippen LogP contribution in [0.15, 0.2) is 18.2 Å². The van der Waals surface area contributed by atoms with Crippen molar-refractivity contribution in [2.45, 2.75) is 45.8 Å². The zero-order chi connectivity index (χ0) is 13.8. The summed E-state index contributed by atoms with van der Waals surface area (Å²) in [5, 5.41) is 3.05. The molecule has 4 nitrogen and oxygen atoms in total. The number of carbonyl (C=O) groups excluding carboxylic acids is 1. The largest absolute Gasteiger partial charge is 0.369 e. The number of nitrogens with one attached hydrogen (secondary N) is 1. The molecule has 104 valence electrons. The van der Waals surface area contributed by atoms with Gasteiger partial charge in [-0.1, -0.05) is 6.07 Å². The highest BCUT2D eigenvalue weighted by Crippen LogP contribution is 2.40. The van der Waals surface area contributed by atoms with E-state index in [1.54, 1.807) is 0 Å². The molecule has 1 atom stereocenters. The summed E-state index contributed by atoms with van der Waals surface area (Å²) in [6.45, 7) is 5.94. The van der Waals surface area contributed by atoms with Crippen LogP contribution in [0.5, 0.6) is 0 Å². The molecule has 19 heavy (non-hydrogen) atoms. The van der Waals surface area contributed by atoms with Crippen LogP contribution in [0.3, 0.4) is 0 Å². The van der Waals surface area contributed by atoms with E-state index in [1.807, 2.05) is 39.0 Å². The standard InChI is InChI=1S/C15H22N2O2/c1-10(2)19-9-14(18)17-15(12-7-8-12)13-6-4-5-11(3)16-13/h4-6,10,12,15H,7-9H2,1-3H3,(H,17,18). The van der Waals surface area contributed by atoms with Crippen molar-refractivity contribution < 1.29 is 9.53 Å². The summed E-state index contributed by atoms with van der Waals surface area (Å²) >= 11 is 0. The molecule has 1 aromatic heterocycles. The summed E-state index contributed by atoms with van der Waals surface area (Å²) in [6, 6.07) is 5.98. The third-order valence-corrected chi connectivity index (χ3v) is 3.19. The van der Waals surface area contributed by atoms with Crippen LogP contribution in [0.2, 0.25) is 0 Å². The Labute approximate surface area is 114 Å². The van der Waals surface area contributed by atoms with Gasteiger partial charge in [0.15, 0.2) is 0 Å². The summed E-state index contributed by atoms with van der Waals surface area (Å²) in [4.78, 5) is 16.4. The molecule has 0 spiro atoms. The first-order valence-corrected chi connectivity index (χ1v) is 6.91. The Kier molecular flexibility index (Phi) is 4.53. The molecule has 1 aliphatic carbocycles. The number of hydrogen-bond acceptors (Lipinski definition) is 3. The normalized spacial score (nSPS) is 16.4. The van der Waals surface area contributed by atoms with E-state index < -0.39 is 0 Å². The molecule has 4 heteroatoms. The van der Waals surface area contributed by atoms with E-state index >= 15 is 0 Å². The fourth-order valence-electron chi connectivity index (χ4n) is 2.06. The number of nitrogens with zero attached hydrogens (tertiary/aromatic N) is 1. The highest BCUT2D eigenvalue weighted by Gasteiger charge is 2.34. The predicted molar refractivity (Wildman–Crippen MR) is 73.7 cm³/mol. The lowest BCUT2D eigenvalue weighted by Crippen LogP contribution is -2.34. The molecule has 1 N–H and O–H groups in total. The highest BCUT2D eigenvalue weighted by atomic mass is 16.5. The molecular formula is C15H22N2O2. The van der Waals surface area contributed by atoms with Crippen molar-refractivity contribution in [2.75, 3.05) is 6.61 Å². The molecule has 1 fully saturated rings. The Morgan fingerprint density at radius 2 is 2.21 bits per heavy atom. The second-order valence-electron chi connectivity index (χ2n) is 5.45. The maximum absolute atomic E-state index is 11.9. The van der Waals surface area contributed by atoms with Crippen molar-refractivity contribution >= 4 is 5.91 Å². The summed E-state index contributed by atoms with van der Waals surface area (Å²) in [6.07, 6.45) is 2.39. The van der Waals surface area contributed by atoms with Gasteiger partial charge in [-0.15, -0.1) is 0 Å². The van der Waals surface area contributed by atoms with Gasteiger partial charge < -0.3 is 10.1 Å². The van der Waals surface area contributed by atoms with Gasteiger partial charge in [0.2, 0.25) is 5.91 Å². The molecule has 1 heterocycles. The van der Waals surface area contributed by atoms with E-state index in [-0.39, 0.29) is 24.7 Å². The summed E-state index contributed by atoms with van der Waals surface area (Å²) in [5.41, 5.74) is 1.94. The first kappa shape index (κ1) is 14.0. The number of hydrogen-bond donors (Lipinski definition) is 1. The third-order valence-electron chi connectivity index (χ3n) is 3.19. The first-order valence-electron chi connectivity index (χ1n) is 6.91. The zero-order valence-electron chi connectivity index (χ0n) is 11.8. The Balaban J connectivity index is 1.99. The third kappa shape index (κ3) is 4.31. The Morgan fingerprint density at radius 3 is 2.79 bits per heavy atom. The number of carbonyl (C=O) groups is 1. The Bertz CT molecular complexity index is 442. The molecular weight excluding hydrogens is 240 g/mol. The minimum Gasteiger partial charge on any atom is -0.369 e. The monoisotopic (exact) mass is 262 g/mol. The van der Waals surface area contributed by atoms with Crippen LogP contribution in [0.1, 0.15) is 44.1 Å². The van der Waals surface area contributed by atoms with Gasteiger partial charge in [0.05, 0.1) is 17.8 Å². The number of ether oxygens (including phenoxy) is 1. The van der Waals surface area contributed by atoms with Gasteiger partial charge >= 0.3 is 0 Å². The molecule has 2 rings (SSSR count). The van der Waals surface area contributed by atoms with Gasteiger partial charge in [0, 0.05) is 5.69 Å². The van der Waals surface area contributed by atoms with Crippen LogP contribution in [0.25, 0.3) is 0 Å². The van der Waals surface area contributed by atoms with E-state index in [2.05, 4.69) is 10.3 Å². The Morgan fingerprint density at radius 1 is 1.47 bits per heavy atom. The summed E-state index contributed by atoms with van der Waals surface area (Å²) in [7, 11) is 0.